The number of benzene rings is 1. The molecule has 96 valence electrons. The Hall–Kier alpha value is -1.32. The number of imidazole rings is 1. The van der Waals surface area contributed by atoms with Crippen LogP contribution in [-0.2, 0) is 0 Å². The number of halogens is 2. The molecule has 0 radical (unpaired) electrons. The molecule has 4 heteroatoms. The molecule has 0 fully saturated rings. The SMILES string of the molecule is Cc1c(Br)ccc2nc(-c3cccc(Cl)c3)c(C)n12. The number of nitrogens with zero attached hydrogens (tertiary/aromatic N) is 2. The molecule has 2 nitrogen and oxygen atoms in total. The van der Waals surface area contributed by atoms with Crippen molar-refractivity contribution >= 4 is 33.2 Å². The number of aryl methyl sites for hydroxylation is 2. The third-order valence-electron chi connectivity index (χ3n) is 3.29. The van der Waals surface area contributed by atoms with Crippen molar-refractivity contribution in [2.75, 3.05) is 0 Å². The van der Waals surface area contributed by atoms with Gasteiger partial charge in [-0.1, -0.05) is 23.7 Å². The summed E-state index contributed by atoms with van der Waals surface area (Å²) in [6, 6.07) is 11.8. The van der Waals surface area contributed by atoms with Crippen LogP contribution in [0.15, 0.2) is 40.9 Å². The summed E-state index contributed by atoms with van der Waals surface area (Å²) in [5.41, 5.74) is 5.24. The molecule has 0 aliphatic heterocycles. The summed E-state index contributed by atoms with van der Waals surface area (Å²) in [5, 5.41) is 0.729. The molecule has 0 unspecified atom stereocenters. The minimum Gasteiger partial charge on any atom is -0.300 e. The molecule has 0 bridgehead atoms. The predicted octanol–water partition coefficient (Wildman–Crippen LogP) is 5.03. The zero-order valence-electron chi connectivity index (χ0n) is 10.6. The lowest BCUT2D eigenvalue weighted by molar-refractivity contribution is 1.03. The molecule has 0 N–H and O–H groups in total. The average Bonchev–Trinajstić information content (AvgIpc) is 2.72. The highest BCUT2D eigenvalue weighted by atomic mass is 79.9. The zero-order chi connectivity index (χ0) is 13.6. The summed E-state index contributed by atoms with van der Waals surface area (Å²) in [4.78, 5) is 4.71. The maximum Gasteiger partial charge on any atom is 0.137 e. The fourth-order valence-corrected chi connectivity index (χ4v) is 2.84. The van der Waals surface area contributed by atoms with Crippen LogP contribution in [0.25, 0.3) is 16.9 Å². The van der Waals surface area contributed by atoms with Crippen molar-refractivity contribution in [3.63, 3.8) is 0 Å². The molecule has 2 heterocycles. The van der Waals surface area contributed by atoms with Crippen LogP contribution < -0.4 is 0 Å². The minimum atomic E-state index is 0.729. The van der Waals surface area contributed by atoms with Crippen LogP contribution in [-0.4, -0.2) is 9.38 Å². The normalized spacial score (nSPS) is 11.2. The van der Waals surface area contributed by atoms with Crippen LogP contribution >= 0.6 is 27.5 Å². The number of hydrogen-bond donors (Lipinski definition) is 0. The fourth-order valence-electron chi connectivity index (χ4n) is 2.34. The lowest BCUT2D eigenvalue weighted by atomic mass is 10.1. The second kappa shape index (κ2) is 4.66. The van der Waals surface area contributed by atoms with Crippen LogP contribution in [0.5, 0.6) is 0 Å². The van der Waals surface area contributed by atoms with Crippen LogP contribution in [0.2, 0.25) is 5.02 Å². The monoisotopic (exact) mass is 334 g/mol. The standard InChI is InChI=1S/C15H12BrClN2/c1-9-13(16)6-7-14-18-15(10(2)19(9)14)11-4-3-5-12(17)8-11/h3-8H,1-2H3. The largest absolute Gasteiger partial charge is 0.300 e. The summed E-state index contributed by atoms with van der Waals surface area (Å²) >= 11 is 9.62. The third-order valence-corrected chi connectivity index (χ3v) is 4.36. The Morgan fingerprint density at radius 3 is 2.63 bits per heavy atom. The van der Waals surface area contributed by atoms with Crippen molar-refractivity contribution in [3.8, 4) is 11.3 Å². The van der Waals surface area contributed by atoms with Crippen molar-refractivity contribution in [2.45, 2.75) is 13.8 Å². The second-order valence-corrected chi connectivity index (χ2v) is 5.81. The quantitative estimate of drug-likeness (QED) is 0.609. The lowest BCUT2D eigenvalue weighted by Crippen LogP contribution is -1.94. The van der Waals surface area contributed by atoms with E-state index in [1.165, 1.54) is 0 Å². The summed E-state index contributed by atoms with van der Waals surface area (Å²) in [5.74, 6) is 0. The molecule has 0 amide bonds. The Labute approximate surface area is 125 Å². The van der Waals surface area contributed by atoms with Gasteiger partial charge < -0.3 is 0 Å². The van der Waals surface area contributed by atoms with E-state index < -0.39 is 0 Å². The summed E-state index contributed by atoms with van der Waals surface area (Å²) in [7, 11) is 0. The Bertz CT molecular complexity index is 777. The van der Waals surface area contributed by atoms with Crippen molar-refractivity contribution in [1.82, 2.24) is 9.38 Å². The molecule has 0 atom stereocenters. The zero-order valence-corrected chi connectivity index (χ0v) is 13.0. The third kappa shape index (κ3) is 2.07. The predicted molar refractivity (Wildman–Crippen MR) is 82.8 cm³/mol. The topological polar surface area (TPSA) is 17.3 Å². The summed E-state index contributed by atoms with van der Waals surface area (Å²) in [6.07, 6.45) is 0. The molecule has 2 aromatic heterocycles. The van der Waals surface area contributed by atoms with Gasteiger partial charge in [0.15, 0.2) is 0 Å². The van der Waals surface area contributed by atoms with Gasteiger partial charge in [0.2, 0.25) is 0 Å². The minimum absolute atomic E-state index is 0.729. The van der Waals surface area contributed by atoms with Crippen LogP contribution in [0, 0.1) is 13.8 Å². The molecule has 0 aliphatic carbocycles. The van der Waals surface area contributed by atoms with Gasteiger partial charge in [-0.05, 0) is 54.0 Å². The van der Waals surface area contributed by atoms with Crippen molar-refractivity contribution in [1.29, 1.82) is 0 Å². The van der Waals surface area contributed by atoms with Gasteiger partial charge in [-0.3, -0.25) is 4.40 Å². The fraction of sp³-hybridized carbons (Fsp3) is 0.133. The molecule has 0 saturated carbocycles. The van der Waals surface area contributed by atoms with E-state index in [0.717, 1.165) is 37.8 Å². The lowest BCUT2D eigenvalue weighted by Gasteiger charge is -2.05. The number of aromatic nitrogens is 2. The van der Waals surface area contributed by atoms with E-state index in [1.807, 2.05) is 36.4 Å². The van der Waals surface area contributed by atoms with E-state index in [0.29, 0.717) is 0 Å². The van der Waals surface area contributed by atoms with Gasteiger partial charge in [-0.2, -0.15) is 0 Å². The van der Waals surface area contributed by atoms with Gasteiger partial charge in [0.1, 0.15) is 5.65 Å². The van der Waals surface area contributed by atoms with Crippen LogP contribution in [0.1, 0.15) is 11.4 Å². The van der Waals surface area contributed by atoms with Crippen molar-refractivity contribution in [2.24, 2.45) is 0 Å². The van der Waals surface area contributed by atoms with E-state index in [2.05, 4.69) is 34.2 Å². The Morgan fingerprint density at radius 2 is 1.89 bits per heavy atom. The first-order valence-corrected chi connectivity index (χ1v) is 7.15. The highest BCUT2D eigenvalue weighted by Crippen LogP contribution is 2.28. The van der Waals surface area contributed by atoms with Gasteiger partial charge in [-0.25, -0.2) is 4.98 Å². The first kappa shape index (κ1) is 12.7. The van der Waals surface area contributed by atoms with Gasteiger partial charge in [0.25, 0.3) is 0 Å². The number of pyridine rings is 1. The van der Waals surface area contributed by atoms with Gasteiger partial charge in [0, 0.05) is 26.4 Å². The molecular formula is C15H12BrClN2. The Balaban J connectivity index is 2.32. The van der Waals surface area contributed by atoms with Gasteiger partial charge in [-0.15, -0.1) is 0 Å². The molecule has 0 aliphatic rings. The van der Waals surface area contributed by atoms with E-state index >= 15 is 0 Å². The maximum absolute atomic E-state index is 6.06. The van der Waals surface area contributed by atoms with Crippen LogP contribution in [0.3, 0.4) is 0 Å². The van der Waals surface area contributed by atoms with E-state index in [9.17, 15) is 0 Å². The molecule has 0 saturated heterocycles. The second-order valence-electron chi connectivity index (χ2n) is 4.52. The molecule has 3 aromatic rings. The van der Waals surface area contributed by atoms with Crippen molar-refractivity contribution in [3.05, 3.63) is 57.3 Å². The summed E-state index contributed by atoms with van der Waals surface area (Å²) in [6.45, 7) is 4.16. The number of hydrogen-bond acceptors (Lipinski definition) is 1. The first-order valence-electron chi connectivity index (χ1n) is 5.98. The van der Waals surface area contributed by atoms with Crippen molar-refractivity contribution < 1.29 is 0 Å². The number of fused-ring (bicyclic) bond motifs is 1. The van der Waals surface area contributed by atoms with E-state index in [-0.39, 0.29) is 0 Å². The van der Waals surface area contributed by atoms with Gasteiger partial charge in [0.05, 0.1) is 5.69 Å². The Kier molecular flexibility index (Phi) is 3.11. The summed E-state index contributed by atoms with van der Waals surface area (Å²) < 4.78 is 3.23. The number of rotatable bonds is 1. The smallest absolute Gasteiger partial charge is 0.137 e. The highest BCUT2D eigenvalue weighted by Gasteiger charge is 2.13. The average molecular weight is 336 g/mol. The van der Waals surface area contributed by atoms with Crippen LogP contribution in [0.4, 0.5) is 0 Å². The maximum atomic E-state index is 6.06. The highest BCUT2D eigenvalue weighted by molar-refractivity contribution is 9.10. The first-order chi connectivity index (χ1) is 9.08. The van der Waals surface area contributed by atoms with E-state index in [4.69, 9.17) is 16.6 Å². The molecule has 1 aromatic carbocycles. The molecule has 19 heavy (non-hydrogen) atoms. The van der Waals surface area contributed by atoms with E-state index in [1.54, 1.807) is 0 Å². The molecule has 3 rings (SSSR count). The Morgan fingerprint density at radius 1 is 1.11 bits per heavy atom. The van der Waals surface area contributed by atoms with Gasteiger partial charge >= 0.3 is 0 Å². The molecule has 0 spiro atoms. The molecular weight excluding hydrogens is 324 g/mol.